The van der Waals surface area contributed by atoms with Crippen LogP contribution in [0.15, 0.2) is 59.5 Å². The van der Waals surface area contributed by atoms with Crippen molar-refractivity contribution in [2.45, 2.75) is 29.6 Å². The Morgan fingerprint density at radius 3 is 2.18 bits per heavy atom. The van der Waals surface area contributed by atoms with Crippen molar-refractivity contribution in [3.8, 4) is 0 Å². The first-order valence-electron chi connectivity index (χ1n) is 6.92. The van der Waals surface area contributed by atoms with Crippen LogP contribution < -0.4 is 5.73 Å². The Balaban J connectivity index is 2.43. The van der Waals surface area contributed by atoms with Crippen LogP contribution in [0.25, 0.3) is 0 Å². The number of carbonyl (C=O) groups is 1. The third-order valence-electron chi connectivity index (χ3n) is 3.75. The number of hydrogen-bond donors (Lipinski definition) is 2. The van der Waals surface area contributed by atoms with Crippen molar-refractivity contribution in [1.29, 1.82) is 0 Å². The Morgan fingerprint density at radius 2 is 1.68 bits per heavy atom. The standard InChI is InChI=1S/C17H19NO3S/c1-12-8-10-15(11-9-12)22(21)13(2)17(20,16(18)19)14-6-4-3-5-7-14/h3-11,13,20H,1-2H3,(H2,18,19)/t13-,17-,22?/m0/s1. The lowest BCUT2D eigenvalue weighted by atomic mass is 9.90. The number of aliphatic hydroxyl groups is 1. The SMILES string of the molecule is Cc1ccc(S(=O)[C@@H](C)[C@@](O)(C(N)=O)c2ccccc2)cc1. The van der Waals surface area contributed by atoms with Gasteiger partial charge in [-0.25, -0.2) is 0 Å². The Kier molecular flexibility index (Phi) is 4.78. The molecule has 0 radical (unpaired) electrons. The number of aryl methyl sites for hydroxylation is 1. The van der Waals surface area contributed by atoms with Gasteiger partial charge in [0, 0.05) is 4.90 Å². The molecule has 4 nitrogen and oxygen atoms in total. The highest BCUT2D eigenvalue weighted by Gasteiger charge is 2.45. The van der Waals surface area contributed by atoms with Crippen molar-refractivity contribution in [3.05, 3.63) is 65.7 Å². The van der Waals surface area contributed by atoms with Crippen LogP contribution >= 0.6 is 0 Å². The smallest absolute Gasteiger partial charge is 0.255 e. The number of rotatable bonds is 5. The average molecular weight is 317 g/mol. The minimum absolute atomic E-state index is 0.343. The van der Waals surface area contributed by atoms with Crippen LogP contribution in [-0.4, -0.2) is 20.5 Å². The van der Waals surface area contributed by atoms with Crippen molar-refractivity contribution in [2.75, 3.05) is 0 Å². The van der Waals surface area contributed by atoms with E-state index >= 15 is 0 Å². The van der Waals surface area contributed by atoms with Crippen LogP contribution in [0.5, 0.6) is 0 Å². The maximum Gasteiger partial charge on any atom is 0.255 e. The Hall–Kier alpha value is -1.98. The second-order valence-corrected chi connectivity index (χ2v) is 7.02. The molecule has 2 aromatic carbocycles. The van der Waals surface area contributed by atoms with Gasteiger partial charge in [-0.05, 0) is 31.5 Å². The van der Waals surface area contributed by atoms with Gasteiger partial charge in [0.25, 0.3) is 5.91 Å². The first-order chi connectivity index (χ1) is 10.4. The number of primary amides is 1. The van der Waals surface area contributed by atoms with Gasteiger partial charge in [0.1, 0.15) is 0 Å². The Labute approximate surface area is 132 Å². The van der Waals surface area contributed by atoms with Crippen LogP contribution in [0.2, 0.25) is 0 Å². The van der Waals surface area contributed by atoms with E-state index in [0.717, 1.165) is 5.56 Å². The summed E-state index contributed by atoms with van der Waals surface area (Å²) < 4.78 is 12.7. The van der Waals surface area contributed by atoms with E-state index in [4.69, 9.17) is 5.73 Å². The van der Waals surface area contributed by atoms with E-state index in [0.29, 0.717) is 10.5 Å². The fraction of sp³-hybridized carbons (Fsp3) is 0.235. The highest BCUT2D eigenvalue weighted by Crippen LogP contribution is 2.30. The molecule has 1 unspecified atom stereocenters. The molecule has 22 heavy (non-hydrogen) atoms. The number of nitrogens with two attached hydrogens (primary N) is 1. The Bertz CT molecular complexity index is 685. The molecule has 0 saturated carbocycles. The first-order valence-corrected chi connectivity index (χ1v) is 8.13. The van der Waals surface area contributed by atoms with E-state index in [-0.39, 0.29) is 0 Å². The van der Waals surface area contributed by atoms with Crippen molar-refractivity contribution < 1.29 is 14.1 Å². The predicted molar refractivity (Wildman–Crippen MR) is 86.6 cm³/mol. The van der Waals surface area contributed by atoms with Crippen molar-refractivity contribution in [1.82, 2.24) is 0 Å². The zero-order chi connectivity index (χ0) is 16.3. The minimum Gasteiger partial charge on any atom is -0.374 e. The van der Waals surface area contributed by atoms with Crippen LogP contribution in [-0.2, 0) is 21.2 Å². The summed E-state index contributed by atoms with van der Waals surface area (Å²) in [6, 6.07) is 15.5. The summed E-state index contributed by atoms with van der Waals surface area (Å²) in [5.41, 5.74) is 4.82. The van der Waals surface area contributed by atoms with E-state index < -0.39 is 27.6 Å². The van der Waals surface area contributed by atoms with Gasteiger partial charge in [0.15, 0.2) is 5.60 Å². The number of amides is 1. The second-order valence-electron chi connectivity index (χ2n) is 5.25. The predicted octanol–water partition coefficient (Wildman–Crippen LogP) is 1.86. The molecule has 3 N–H and O–H groups in total. The largest absolute Gasteiger partial charge is 0.374 e. The van der Waals surface area contributed by atoms with Crippen molar-refractivity contribution >= 4 is 16.7 Å². The van der Waals surface area contributed by atoms with Crippen molar-refractivity contribution in [3.63, 3.8) is 0 Å². The third kappa shape index (κ3) is 2.96. The van der Waals surface area contributed by atoms with Crippen LogP contribution in [0.4, 0.5) is 0 Å². The van der Waals surface area contributed by atoms with E-state index in [9.17, 15) is 14.1 Å². The average Bonchev–Trinajstić information content (AvgIpc) is 2.54. The molecule has 2 aromatic rings. The molecule has 0 aliphatic rings. The van der Waals surface area contributed by atoms with Gasteiger partial charge in [-0.1, -0.05) is 48.0 Å². The quantitative estimate of drug-likeness (QED) is 0.883. The van der Waals surface area contributed by atoms with Crippen LogP contribution in [0, 0.1) is 6.92 Å². The fourth-order valence-electron chi connectivity index (χ4n) is 2.30. The van der Waals surface area contributed by atoms with E-state index in [2.05, 4.69) is 0 Å². The van der Waals surface area contributed by atoms with E-state index in [1.165, 1.54) is 0 Å². The second kappa shape index (κ2) is 6.42. The molecular formula is C17H19NO3S. The van der Waals surface area contributed by atoms with E-state index in [1.807, 2.05) is 19.1 Å². The maximum atomic E-state index is 12.7. The number of carbonyl (C=O) groups excluding carboxylic acids is 1. The molecule has 1 amide bonds. The molecule has 0 spiro atoms. The van der Waals surface area contributed by atoms with Gasteiger partial charge in [-0.2, -0.15) is 0 Å². The molecule has 0 fully saturated rings. The summed E-state index contributed by atoms with van der Waals surface area (Å²) in [5, 5.41) is 9.97. The van der Waals surface area contributed by atoms with Gasteiger partial charge >= 0.3 is 0 Å². The Morgan fingerprint density at radius 1 is 1.14 bits per heavy atom. The van der Waals surface area contributed by atoms with Gasteiger partial charge < -0.3 is 10.8 Å². The molecule has 0 bridgehead atoms. The normalized spacial score (nSPS) is 16.5. The summed E-state index contributed by atoms with van der Waals surface area (Å²) in [5.74, 6) is -0.910. The number of hydrogen-bond acceptors (Lipinski definition) is 3. The highest BCUT2D eigenvalue weighted by molar-refractivity contribution is 7.85. The molecule has 0 aliphatic carbocycles. The summed E-state index contributed by atoms with van der Waals surface area (Å²) in [6.07, 6.45) is 0. The van der Waals surface area contributed by atoms with Crippen molar-refractivity contribution in [2.24, 2.45) is 5.73 Å². The molecular weight excluding hydrogens is 298 g/mol. The molecule has 0 heterocycles. The topological polar surface area (TPSA) is 80.4 Å². The molecule has 0 saturated heterocycles. The first kappa shape index (κ1) is 16.4. The molecule has 0 aliphatic heterocycles. The summed E-state index contributed by atoms with van der Waals surface area (Å²) in [4.78, 5) is 12.4. The summed E-state index contributed by atoms with van der Waals surface area (Å²) in [7, 11) is -1.58. The van der Waals surface area contributed by atoms with E-state index in [1.54, 1.807) is 49.4 Å². The van der Waals surface area contributed by atoms with Crippen LogP contribution in [0.1, 0.15) is 18.1 Å². The van der Waals surface area contributed by atoms with Gasteiger partial charge in [-0.15, -0.1) is 0 Å². The van der Waals surface area contributed by atoms with Crippen LogP contribution in [0.3, 0.4) is 0 Å². The highest BCUT2D eigenvalue weighted by atomic mass is 32.2. The lowest BCUT2D eigenvalue weighted by Gasteiger charge is -2.31. The monoisotopic (exact) mass is 317 g/mol. The zero-order valence-corrected chi connectivity index (χ0v) is 13.3. The fourth-order valence-corrected chi connectivity index (χ4v) is 3.68. The lowest BCUT2D eigenvalue weighted by Crippen LogP contribution is -2.50. The number of benzene rings is 2. The summed E-state index contributed by atoms with van der Waals surface area (Å²) >= 11 is 0. The van der Waals surface area contributed by atoms with Gasteiger partial charge in [0.2, 0.25) is 0 Å². The summed E-state index contributed by atoms with van der Waals surface area (Å²) in [6.45, 7) is 3.49. The molecule has 5 heteroatoms. The maximum absolute atomic E-state index is 12.7. The van der Waals surface area contributed by atoms with Gasteiger partial charge in [-0.3, -0.25) is 9.00 Å². The zero-order valence-electron chi connectivity index (χ0n) is 12.5. The molecule has 116 valence electrons. The molecule has 3 atom stereocenters. The lowest BCUT2D eigenvalue weighted by molar-refractivity contribution is -0.137. The third-order valence-corrected chi connectivity index (χ3v) is 5.47. The molecule has 2 rings (SSSR count). The molecule has 0 aromatic heterocycles. The van der Waals surface area contributed by atoms with Gasteiger partial charge in [0.05, 0.1) is 16.0 Å². The minimum atomic E-state index is -1.99.